The van der Waals surface area contributed by atoms with E-state index in [4.69, 9.17) is 4.74 Å². The number of nitrogens with zero attached hydrogens (tertiary/aromatic N) is 4. The third-order valence-corrected chi connectivity index (χ3v) is 5.75. The highest BCUT2D eigenvalue weighted by molar-refractivity contribution is 5.97. The zero-order valence-corrected chi connectivity index (χ0v) is 19.5. The lowest BCUT2D eigenvalue weighted by Gasteiger charge is -2.35. The molecule has 1 atom stereocenters. The number of esters is 1. The largest absolute Gasteiger partial charge is 0.463 e. The van der Waals surface area contributed by atoms with Gasteiger partial charge in [-0.2, -0.15) is 10.1 Å². The molecule has 2 aromatic carbocycles. The van der Waals surface area contributed by atoms with Crippen molar-refractivity contribution in [2.24, 2.45) is 0 Å². The lowest BCUT2D eigenvalue weighted by Crippen LogP contribution is -2.41. The van der Waals surface area contributed by atoms with Crippen LogP contribution in [0.2, 0.25) is 0 Å². The standard InChI is InChI=1S/C25H26FN5O3/c1-5-34-24(33)22-17(4)30(13-21(32)29-20-11-6-15(2)12-16(20)3)25-27-14-28-31(25)23(22)18-7-9-19(26)10-8-18/h6-12,14,23H,5,13H2,1-4H3,(H,29,32)/t23-/m1/s1. The minimum atomic E-state index is -0.671. The van der Waals surface area contributed by atoms with Crippen molar-refractivity contribution in [3.63, 3.8) is 0 Å². The van der Waals surface area contributed by atoms with Gasteiger partial charge in [0.05, 0.1) is 12.2 Å². The van der Waals surface area contributed by atoms with E-state index < -0.39 is 12.0 Å². The van der Waals surface area contributed by atoms with Gasteiger partial charge in [0.1, 0.15) is 24.7 Å². The number of hydrogen-bond donors (Lipinski definition) is 1. The Hall–Kier alpha value is -4.01. The monoisotopic (exact) mass is 463 g/mol. The van der Waals surface area contributed by atoms with Crippen LogP contribution in [0, 0.1) is 19.7 Å². The molecule has 0 radical (unpaired) electrons. The smallest absolute Gasteiger partial charge is 0.338 e. The van der Waals surface area contributed by atoms with Crippen LogP contribution in [0.15, 0.2) is 60.1 Å². The van der Waals surface area contributed by atoms with E-state index in [1.807, 2.05) is 32.0 Å². The fourth-order valence-electron chi connectivity index (χ4n) is 4.13. The van der Waals surface area contributed by atoms with Gasteiger partial charge in [0.2, 0.25) is 11.9 Å². The summed E-state index contributed by atoms with van der Waals surface area (Å²) < 4.78 is 20.5. The minimum absolute atomic E-state index is 0.0864. The molecular formula is C25H26FN5O3. The van der Waals surface area contributed by atoms with Crippen molar-refractivity contribution in [1.82, 2.24) is 14.8 Å². The Morgan fingerprint density at radius 2 is 1.85 bits per heavy atom. The Morgan fingerprint density at radius 1 is 1.12 bits per heavy atom. The molecule has 1 aromatic heterocycles. The molecule has 176 valence electrons. The molecule has 0 saturated heterocycles. The molecular weight excluding hydrogens is 437 g/mol. The van der Waals surface area contributed by atoms with Crippen LogP contribution in [0.1, 0.15) is 36.6 Å². The molecule has 0 aliphatic carbocycles. The zero-order valence-electron chi connectivity index (χ0n) is 19.5. The van der Waals surface area contributed by atoms with E-state index in [1.165, 1.54) is 18.5 Å². The molecule has 8 nitrogen and oxygen atoms in total. The van der Waals surface area contributed by atoms with Crippen LogP contribution in [0.4, 0.5) is 16.0 Å². The van der Waals surface area contributed by atoms with Crippen molar-refractivity contribution in [3.8, 4) is 0 Å². The Kier molecular flexibility index (Phi) is 6.45. The number of carbonyl (C=O) groups is 2. The third-order valence-electron chi connectivity index (χ3n) is 5.75. The average Bonchev–Trinajstić information content (AvgIpc) is 3.27. The van der Waals surface area contributed by atoms with Crippen molar-refractivity contribution in [1.29, 1.82) is 0 Å². The van der Waals surface area contributed by atoms with Gasteiger partial charge in [-0.25, -0.2) is 13.9 Å². The topological polar surface area (TPSA) is 89.3 Å². The first-order valence-electron chi connectivity index (χ1n) is 11.0. The molecule has 4 rings (SSSR count). The number of nitrogens with one attached hydrogen (secondary N) is 1. The SMILES string of the molecule is CCOC(=O)C1=C(C)N(CC(=O)Nc2ccc(C)cc2C)c2ncnn2[C@@H]1c1ccc(F)cc1. The number of allylic oxidation sites excluding steroid dienone is 1. The molecule has 1 aliphatic rings. The van der Waals surface area contributed by atoms with Gasteiger partial charge in [-0.3, -0.25) is 4.79 Å². The molecule has 0 fully saturated rings. The van der Waals surface area contributed by atoms with Gasteiger partial charge in [0.15, 0.2) is 0 Å². The quantitative estimate of drug-likeness (QED) is 0.558. The van der Waals surface area contributed by atoms with Gasteiger partial charge >= 0.3 is 5.97 Å². The molecule has 2 heterocycles. The molecule has 9 heteroatoms. The van der Waals surface area contributed by atoms with E-state index in [-0.39, 0.29) is 24.9 Å². The number of halogens is 1. The summed E-state index contributed by atoms with van der Waals surface area (Å²) in [5.74, 6) is -0.795. The van der Waals surface area contributed by atoms with Crippen LogP contribution in [-0.4, -0.2) is 39.8 Å². The zero-order chi connectivity index (χ0) is 24.4. The fourth-order valence-corrected chi connectivity index (χ4v) is 4.13. The van der Waals surface area contributed by atoms with Crippen LogP contribution in [-0.2, 0) is 14.3 Å². The fraction of sp³-hybridized carbons (Fsp3) is 0.280. The molecule has 3 aromatic rings. The molecule has 1 aliphatic heterocycles. The van der Waals surface area contributed by atoms with Gasteiger partial charge in [-0.15, -0.1) is 0 Å². The van der Waals surface area contributed by atoms with E-state index in [9.17, 15) is 14.0 Å². The highest BCUT2D eigenvalue weighted by atomic mass is 19.1. The van der Waals surface area contributed by atoms with Crippen LogP contribution in [0.5, 0.6) is 0 Å². The Bertz CT molecular complexity index is 1270. The highest BCUT2D eigenvalue weighted by Crippen LogP contribution is 2.38. The molecule has 1 N–H and O–H groups in total. The minimum Gasteiger partial charge on any atom is -0.463 e. The van der Waals surface area contributed by atoms with Crippen molar-refractivity contribution < 1.29 is 18.7 Å². The second kappa shape index (κ2) is 9.46. The van der Waals surface area contributed by atoms with E-state index in [0.717, 1.165) is 11.1 Å². The Morgan fingerprint density at radius 3 is 2.53 bits per heavy atom. The molecule has 0 bridgehead atoms. The second-order valence-corrected chi connectivity index (χ2v) is 8.13. The first kappa shape index (κ1) is 23.2. The first-order chi connectivity index (χ1) is 16.3. The van der Waals surface area contributed by atoms with Crippen molar-refractivity contribution in [2.45, 2.75) is 33.7 Å². The summed E-state index contributed by atoms with van der Waals surface area (Å²) >= 11 is 0. The summed E-state index contributed by atoms with van der Waals surface area (Å²) in [6.45, 7) is 7.48. The number of carbonyl (C=O) groups excluding carboxylic acids is 2. The van der Waals surface area contributed by atoms with Gasteiger partial charge in [-0.05, 0) is 57.0 Å². The predicted molar refractivity (Wildman–Crippen MR) is 126 cm³/mol. The van der Waals surface area contributed by atoms with E-state index in [0.29, 0.717) is 28.5 Å². The molecule has 0 spiro atoms. The predicted octanol–water partition coefficient (Wildman–Crippen LogP) is 3.92. The lowest BCUT2D eigenvalue weighted by atomic mass is 9.95. The van der Waals surface area contributed by atoms with Gasteiger partial charge in [-0.1, -0.05) is 29.8 Å². The summed E-state index contributed by atoms with van der Waals surface area (Å²) in [6, 6.07) is 11.0. The van der Waals surface area contributed by atoms with E-state index >= 15 is 0 Å². The van der Waals surface area contributed by atoms with Gasteiger partial charge in [0, 0.05) is 11.4 Å². The molecule has 1 amide bonds. The van der Waals surface area contributed by atoms with Crippen LogP contribution >= 0.6 is 0 Å². The number of anilines is 2. The van der Waals surface area contributed by atoms with E-state index in [1.54, 1.807) is 35.6 Å². The number of rotatable bonds is 6. The molecule has 0 saturated carbocycles. The third kappa shape index (κ3) is 4.41. The Balaban J connectivity index is 1.72. The summed E-state index contributed by atoms with van der Waals surface area (Å²) in [5.41, 5.74) is 4.24. The number of ether oxygens (including phenoxy) is 1. The number of fused-ring (bicyclic) bond motifs is 1. The van der Waals surface area contributed by atoms with Crippen LogP contribution in [0.25, 0.3) is 0 Å². The number of benzene rings is 2. The summed E-state index contributed by atoms with van der Waals surface area (Å²) in [6.07, 6.45) is 1.36. The first-order valence-corrected chi connectivity index (χ1v) is 11.0. The maximum Gasteiger partial charge on any atom is 0.338 e. The second-order valence-electron chi connectivity index (χ2n) is 8.13. The number of aryl methyl sites for hydroxylation is 2. The highest BCUT2D eigenvalue weighted by Gasteiger charge is 2.38. The number of amides is 1. The van der Waals surface area contributed by atoms with Crippen LogP contribution < -0.4 is 10.2 Å². The van der Waals surface area contributed by atoms with Crippen LogP contribution in [0.3, 0.4) is 0 Å². The van der Waals surface area contributed by atoms with Crippen molar-refractivity contribution in [3.05, 3.63) is 82.6 Å². The van der Waals surface area contributed by atoms with Gasteiger partial charge < -0.3 is 15.0 Å². The molecule has 34 heavy (non-hydrogen) atoms. The maximum atomic E-state index is 13.6. The summed E-state index contributed by atoms with van der Waals surface area (Å²) in [5, 5.41) is 7.25. The summed E-state index contributed by atoms with van der Waals surface area (Å²) in [4.78, 5) is 32.0. The van der Waals surface area contributed by atoms with Gasteiger partial charge in [0.25, 0.3) is 0 Å². The van der Waals surface area contributed by atoms with Crippen molar-refractivity contribution in [2.75, 3.05) is 23.4 Å². The molecule has 0 unspecified atom stereocenters. The number of hydrogen-bond acceptors (Lipinski definition) is 6. The average molecular weight is 464 g/mol. The normalized spacial score (nSPS) is 15.2. The Labute approximate surface area is 197 Å². The lowest BCUT2D eigenvalue weighted by molar-refractivity contribution is -0.139. The van der Waals surface area contributed by atoms with E-state index in [2.05, 4.69) is 15.4 Å². The number of aromatic nitrogens is 3. The summed E-state index contributed by atoms with van der Waals surface area (Å²) in [7, 11) is 0. The van der Waals surface area contributed by atoms with Crippen molar-refractivity contribution >= 4 is 23.5 Å². The maximum absolute atomic E-state index is 13.6.